The van der Waals surface area contributed by atoms with E-state index in [-0.39, 0.29) is 30.0 Å². The first-order valence-corrected chi connectivity index (χ1v) is 23.1. The van der Waals surface area contributed by atoms with Crippen LogP contribution in [-0.2, 0) is 29.1 Å². The molecule has 0 bridgehead atoms. The van der Waals surface area contributed by atoms with Crippen molar-refractivity contribution in [3.05, 3.63) is 0 Å². The fourth-order valence-corrected chi connectivity index (χ4v) is 7.68. The summed E-state index contributed by atoms with van der Waals surface area (Å²) < 4.78 is 0. The summed E-state index contributed by atoms with van der Waals surface area (Å²) in [7, 11) is 0. The molecule has 0 fully saturated rings. The van der Waals surface area contributed by atoms with E-state index >= 15 is 0 Å². The first kappa shape index (κ1) is 53.6. The van der Waals surface area contributed by atoms with Crippen molar-refractivity contribution in [2.75, 3.05) is 11.5 Å². The molecule has 0 amide bonds. The minimum absolute atomic E-state index is 0. The minimum Gasteiger partial charge on any atom is -0.549 e. The predicted molar refractivity (Wildman–Crippen MR) is 213 cm³/mol. The predicted octanol–water partition coefficient (Wildman–Crippen LogP) is 12.2. The number of carbonyl (C=O) groups excluding carboxylic acids is 2. The smallest absolute Gasteiger partial charge is 0.549 e. The van der Waals surface area contributed by atoms with E-state index in [1.54, 1.807) is 13.8 Å². The quantitative estimate of drug-likeness (QED) is 0.0458. The number of hydrogen-bond acceptors (Lipinski definition) is 6. The molecule has 0 radical (unpaired) electrons. The Hall–Kier alpha value is 0.263. The van der Waals surface area contributed by atoms with E-state index in [9.17, 15) is 19.8 Å². The van der Waals surface area contributed by atoms with E-state index in [0.29, 0.717) is 0 Å². The van der Waals surface area contributed by atoms with Crippen LogP contribution >= 0.6 is 23.5 Å². The monoisotopic (exact) mass is 778 g/mol. The molecule has 0 aromatic heterocycles. The van der Waals surface area contributed by atoms with Gasteiger partial charge in [0.2, 0.25) is 0 Å². The SMILES string of the molecule is CCCCCCCCCCCCCCCCCCSC(C)C(=O)[O-].CCCCCCCCCCCCCCCCCCSC(C)C(=O)[O-].[Zn+2]. The summed E-state index contributed by atoms with van der Waals surface area (Å²) in [4.78, 5) is 21.1. The third-order valence-electron chi connectivity index (χ3n) is 9.40. The first-order chi connectivity index (χ1) is 23.4. The molecule has 0 N–H and O–H groups in total. The minimum atomic E-state index is -0.934. The molecule has 0 saturated heterocycles. The number of thioether (sulfide) groups is 2. The van der Waals surface area contributed by atoms with Crippen LogP contribution in [0.3, 0.4) is 0 Å². The van der Waals surface area contributed by atoms with Crippen LogP contribution in [0.1, 0.15) is 233 Å². The zero-order valence-electron chi connectivity index (χ0n) is 33.4. The molecule has 2 atom stereocenters. The van der Waals surface area contributed by atoms with Gasteiger partial charge in [0.1, 0.15) is 0 Å². The molecular formula is C42H82O4S2Zn. The second-order valence-corrected chi connectivity index (χ2v) is 17.2. The number of carboxylic acids is 2. The molecule has 0 aliphatic rings. The van der Waals surface area contributed by atoms with Gasteiger partial charge >= 0.3 is 19.5 Å². The van der Waals surface area contributed by atoms with Crippen LogP contribution in [0.4, 0.5) is 0 Å². The van der Waals surface area contributed by atoms with Gasteiger partial charge < -0.3 is 19.8 Å². The fourth-order valence-electron chi connectivity index (χ4n) is 5.96. The summed E-state index contributed by atoms with van der Waals surface area (Å²) in [6.07, 6.45) is 44.1. The van der Waals surface area contributed by atoms with Gasteiger partial charge in [-0.3, -0.25) is 0 Å². The third kappa shape index (κ3) is 48.3. The van der Waals surface area contributed by atoms with Crippen molar-refractivity contribution in [2.24, 2.45) is 0 Å². The summed E-state index contributed by atoms with van der Waals surface area (Å²) in [6, 6.07) is 0. The molecule has 0 aliphatic carbocycles. The van der Waals surface area contributed by atoms with Crippen LogP contribution in [0.2, 0.25) is 0 Å². The largest absolute Gasteiger partial charge is 2.00 e. The Balaban J connectivity index is -0.000000846. The summed E-state index contributed by atoms with van der Waals surface area (Å²) in [6.45, 7) is 7.98. The van der Waals surface area contributed by atoms with Crippen molar-refractivity contribution in [2.45, 2.75) is 244 Å². The Labute approximate surface area is 328 Å². The molecule has 0 spiro atoms. The fraction of sp³-hybridized carbons (Fsp3) is 0.952. The maximum atomic E-state index is 10.6. The number of rotatable bonds is 38. The van der Waals surface area contributed by atoms with Gasteiger partial charge in [0.25, 0.3) is 0 Å². The van der Waals surface area contributed by atoms with Gasteiger partial charge in [0, 0.05) is 10.5 Å². The summed E-state index contributed by atoms with van der Waals surface area (Å²) in [5.74, 6) is 0.0363. The van der Waals surface area contributed by atoms with Gasteiger partial charge in [-0.15, -0.1) is 0 Å². The van der Waals surface area contributed by atoms with Crippen LogP contribution in [0.25, 0.3) is 0 Å². The summed E-state index contributed by atoms with van der Waals surface area (Å²) in [5.41, 5.74) is 0. The molecule has 7 heteroatoms. The zero-order chi connectivity index (χ0) is 35.8. The number of carboxylic acid groups (broad SMARTS) is 2. The van der Waals surface area contributed by atoms with E-state index in [2.05, 4.69) is 13.8 Å². The van der Waals surface area contributed by atoms with Crippen molar-refractivity contribution in [3.63, 3.8) is 0 Å². The van der Waals surface area contributed by atoms with E-state index in [4.69, 9.17) is 0 Å². The number of unbranched alkanes of at least 4 members (excludes halogenated alkanes) is 30. The van der Waals surface area contributed by atoms with E-state index in [1.807, 2.05) is 0 Å². The van der Waals surface area contributed by atoms with Crippen molar-refractivity contribution in [3.8, 4) is 0 Å². The Morgan fingerprint density at radius 3 is 0.694 bits per heavy atom. The van der Waals surface area contributed by atoms with Crippen LogP contribution < -0.4 is 10.2 Å². The van der Waals surface area contributed by atoms with E-state index in [0.717, 1.165) is 24.3 Å². The Kier molecular flexibility index (Phi) is 50.6. The normalized spacial score (nSPS) is 12.2. The van der Waals surface area contributed by atoms with Crippen LogP contribution in [-0.4, -0.2) is 33.9 Å². The Bertz CT molecular complexity index is 598. The number of aliphatic carboxylic acids is 2. The first-order valence-electron chi connectivity index (χ1n) is 21.0. The topological polar surface area (TPSA) is 80.3 Å². The average molecular weight is 781 g/mol. The third-order valence-corrected chi connectivity index (χ3v) is 11.8. The molecule has 0 heterocycles. The molecule has 4 nitrogen and oxygen atoms in total. The second-order valence-electron chi connectivity index (χ2n) is 14.3. The zero-order valence-corrected chi connectivity index (χ0v) is 38.0. The molecule has 0 aliphatic heterocycles. The van der Waals surface area contributed by atoms with Crippen LogP contribution in [0.5, 0.6) is 0 Å². The van der Waals surface area contributed by atoms with Gasteiger partial charge in [-0.2, -0.15) is 23.5 Å². The van der Waals surface area contributed by atoms with Crippen LogP contribution in [0.15, 0.2) is 0 Å². The van der Waals surface area contributed by atoms with Gasteiger partial charge in [0.05, 0.1) is 11.9 Å². The second kappa shape index (κ2) is 46.3. The molecule has 0 saturated carbocycles. The van der Waals surface area contributed by atoms with Gasteiger partial charge in [-0.25, -0.2) is 0 Å². The Morgan fingerprint density at radius 1 is 0.367 bits per heavy atom. The van der Waals surface area contributed by atoms with Crippen molar-refractivity contribution >= 4 is 35.5 Å². The maximum Gasteiger partial charge on any atom is 2.00 e. The summed E-state index contributed by atoms with van der Waals surface area (Å²) in [5, 5.41) is 20.4. The molecular weight excluding hydrogens is 698 g/mol. The van der Waals surface area contributed by atoms with Crippen molar-refractivity contribution in [1.82, 2.24) is 0 Å². The van der Waals surface area contributed by atoms with Gasteiger partial charge in [-0.1, -0.05) is 206 Å². The van der Waals surface area contributed by atoms with Gasteiger partial charge in [0.15, 0.2) is 0 Å². The van der Waals surface area contributed by atoms with Crippen molar-refractivity contribution < 1.29 is 39.3 Å². The van der Waals surface area contributed by atoms with E-state index in [1.165, 1.54) is 216 Å². The number of hydrogen-bond donors (Lipinski definition) is 0. The Morgan fingerprint density at radius 2 is 0.531 bits per heavy atom. The number of carbonyl (C=O) groups is 2. The molecule has 0 aromatic carbocycles. The molecule has 2 unspecified atom stereocenters. The van der Waals surface area contributed by atoms with Gasteiger partial charge in [-0.05, 0) is 38.2 Å². The van der Waals surface area contributed by atoms with Crippen LogP contribution in [0, 0.1) is 0 Å². The molecule has 0 rings (SSSR count). The average Bonchev–Trinajstić information content (AvgIpc) is 3.07. The standard InChI is InChI=1S/2C21H42O2S.Zn/c2*1-3-4-5-6-7-8-9-10-11-12-13-14-15-16-17-18-19-24-20(2)21(22)23;/h2*20H,3-19H2,1-2H3,(H,22,23);/q;;+2/p-2. The van der Waals surface area contributed by atoms with E-state index < -0.39 is 11.9 Å². The summed E-state index contributed by atoms with van der Waals surface area (Å²) >= 11 is 3.02. The molecule has 0 aromatic rings. The molecule has 288 valence electrons. The molecule has 49 heavy (non-hydrogen) atoms. The van der Waals surface area contributed by atoms with Crippen molar-refractivity contribution in [1.29, 1.82) is 0 Å². The maximum absolute atomic E-state index is 10.6.